The molecule has 9 heteroatoms. The first-order valence-electron chi connectivity index (χ1n) is 18.4. The van der Waals surface area contributed by atoms with Gasteiger partial charge in [-0.15, -0.1) is 13.2 Å². The van der Waals surface area contributed by atoms with Crippen LogP contribution in [0.1, 0.15) is 65.4 Å². The quantitative estimate of drug-likeness (QED) is 0.157. The van der Waals surface area contributed by atoms with E-state index < -0.39 is 29.1 Å². The van der Waals surface area contributed by atoms with Crippen molar-refractivity contribution >= 4 is 29.1 Å². The molecule has 2 bridgehead atoms. The van der Waals surface area contributed by atoms with E-state index in [9.17, 15) is 14.7 Å². The summed E-state index contributed by atoms with van der Waals surface area (Å²) >= 11 is 0. The fourth-order valence-corrected chi connectivity index (χ4v) is 8.80. The van der Waals surface area contributed by atoms with Crippen LogP contribution in [0, 0.1) is 17.8 Å². The summed E-state index contributed by atoms with van der Waals surface area (Å²) in [7, 11) is 0. The Morgan fingerprint density at radius 3 is 2.20 bits per heavy atom. The van der Waals surface area contributed by atoms with Crippen molar-refractivity contribution in [2.24, 2.45) is 17.8 Å². The molecule has 1 N–H and O–H groups in total. The lowest BCUT2D eigenvalue weighted by molar-refractivity contribution is -0.151. The van der Waals surface area contributed by atoms with Gasteiger partial charge in [0.15, 0.2) is 0 Å². The van der Waals surface area contributed by atoms with E-state index in [1.165, 1.54) is 0 Å². The van der Waals surface area contributed by atoms with Crippen LogP contribution in [-0.4, -0.2) is 89.2 Å². The molecule has 3 unspecified atom stereocenters. The highest BCUT2D eigenvalue weighted by molar-refractivity contribution is 6.05. The van der Waals surface area contributed by atoms with E-state index in [-0.39, 0.29) is 36.8 Å². The zero-order chi connectivity index (χ0) is 36.1. The second-order valence-corrected chi connectivity index (χ2v) is 14.3. The van der Waals surface area contributed by atoms with Gasteiger partial charge in [0, 0.05) is 57.3 Å². The van der Waals surface area contributed by atoms with Gasteiger partial charge in [-0.2, -0.15) is 0 Å². The van der Waals surface area contributed by atoms with E-state index in [1.54, 1.807) is 26.9 Å². The Balaban J connectivity index is 1.55. The molecule has 3 amide bonds. The molecule has 1 spiro atoms. The van der Waals surface area contributed by atoms with E-state index in [1.807, 2.05) is 61.5 Å². The normalized spacial score (nSPS) is 26.5. The number of hydrogen-bond acceptors (Lipinski definition) is 6. The van der Waals surface area contributed by atoms with E-state index in [4.69, 9.17) is 4.74 Å². The molecule has 9 nitrogen and oxygen atoms in total. The predicted molar refractivity (Wildman–Crippen MR) is 199 cm³/mol. The smallest absolute Gasteiger partial charge is 0.253 e. The van der Waals surface area contributed by atoms with Crippen molar-refractivity contribution in [3.8, 4) is 0 Å². The summed E-state index contributed by atoms with van der Waals surface area (Å²) in [6.45, 7) is 19.4. The molecule has 3 fully saturated rings. The second-order valence-electron chi connectivity index (χ2n) is 14.3. The highest BCUT2D eigenvalue weighted by Crippen LogP contribution is 2.65. The average molecular weight is 685 g/mol. The van der Waals surface area contributed by atoms with Gasteiger partial charge in [0.1, 0.15) is 11.6 Å². The summed E-state index contributed by atoms with van der Waals surface area (Å²) in [5, 5.41) is 9.33. The van der Waals surface area contributed by atoms with Crippen molar-refractivity contribution < 1.29 is 24.2 Å². The monoisotopic (exact) mass is 684 g/mol. The minimum absolute atomic E-state index is 0.0659. The molecule has 0 aliphatic carbocycles. The van der Waals surface area contributed by atoms with Crippen molar-refractivity contribution in [3.05, 3.63) is 85.5 Å². The maximum Gasteiger partial charge on any atom is 0.253 e. The lowest BCUT2D eigenvalue weighted by Gasteiger charge is -2.39. The van der Waals surface area contributed by atoms with Crippen LogP contribution in [0.5, 0.6) is 0 Å². The number of unbranched alkanes of at least 4 members (excludes halogenated alkanes) is 3. The second kappa shape index (κ2) is 15.9. The Labute approximate surface area is 298 Å². The summed E-state index contributed by atoms with van der Waals surface area (Å²) in [5.74, 6) is -2.16. The molecule has 3 saturated heterocycles. The van der Waals surface area contributed by atoms with Crippen LogP contribution in [0.3, 0.4) is 0 Å². The molecule has 5 rings (SSSR count). The highest BCUT2D eigenvalue weighted by atomic mass is 16.5. The maximum atomic E-state index is 15.1. The standard InChI is InChI=1S/C41H56N4O5/c1-7-24-43(29-31-18-14-13-15-19-31)37(47)34-35-38(48)45(26-16-11-12-17-27-46)36(41(35)28-30(5)40(34,6)50-41)39(49)44(25-8-2)33-22-20-32(21-23-33)42(9-3)10-4/h7-8,13-15,18-23,30,34-36,46H,1-2,9-12,16-17,24-29H2,3-6H3/t30?,34-,35-,36?,40+,41?/m0/s1. The summed E-state index contributed by atoms with van der Waals surface area (Å²) in [4.78, 5) is 52.2. The van der Waals surface area contributed by atoms with Crippen LogP contribution in [0.25, 0.3) is 0 Å². The van der Waals surface area contributed by atoms with Gasteiger partial charge in [0.05, 0.1) is 17.4 Å². The number of rotatable bonds is 18. The number of carbonyl (C=O) groups excluding carboxylic acids is 3. The number of hydrogen-bond donors (Lipinski definition) is 1. The maximum absolute atomic E-state index is 15.1. The molecule has 50 heavy (non-hydrogen) atoms. The first-order valence-corrected chi connectivity index (χ1v) is 18.4. The molecule has 2 aromatic carbocycles. The molecule has 2 aromatic rings. The molecule has 0 radical (unpaired) electrons. The van der Waals surface area contributed by atoms with Gasteiger partial charge in [0.2, 0.25) is 11.8 Å². The van der Waals surface area contributed by atoms with Crippen molar-refractivity contribution in [1.29, 1.82) is 0 Å². The number of benzene rings is 2. The number of anilines is 2. The third-order valence-electron chi connectivity index (χ3n) is 11.4. The fourth-order valence-electron chi connectivity index (χ4n) is 8.80. The Kier molecular flexibility index (Phi) is 11.9. The van der Waals surface area contributed by atoms with Crippen LogP contribution >= 0.6 is 0 Å². The number of ether oxygens (including phenoxy) is 1. The van der Waals surface area contributed by atoms with Crippen LogP contribution in [0.15, 0.2) is 79.9 Å². The number of aliphatic hydroxyl groups is 1. The molecule has 0 aromatic heterocycles. The molecule has 0 saturated carbocycles. The Morgan fingerprint density at radius 2 is 1.58 bits per heavy atom. The Bertz CT molecular complexity index is 1510. The molecule has 6 atom stereocenters. The van der Waals surface area contributed by atoms with Gasteiger partial charge in [-0.3, -0.25) is 14.4 Å². The number of amides is 3. The molecule has 3 heterocycles. The third kappa shape index (κ3) is 6.74. The molecule has 3 aliphatic rings. The first-order chi connectivity index (χ1) is 24.1. The lowest BCUT2D eigenvalue weighted by atomic mass is 9.62. The van der Waals surface area contributed by atoms with Gasteiger partial charge in [-0.05, 0) is 75.8 Å². The van der Waals surface area contributed by atoms with Crippen molar-refractivity contribution in [2.75, 3.05) is 49.1 Å². The van der Waals surface area contributed by atoms with E-state index in [0.717, 1.165) is 42.9 Å². The predicted octanol–water partition coefficient (Wildman–Crippen LogP) is 5.83. The Hall–Kier alpha value is -3.95. The SMILES string of the molecule is C=CCN(Cc1ccccc1)C(=O)[C@@H]1[C@H]2C(=O)N(CCCCCCO)C(C(=O)N(CC=C)c3ccc(N(CC)CC)cc3)C23CC(C)[C@@]1(C)O3. The number of aliphatic hydroxyl groups excluding tert-OH is 1. The van der Waals surface area contributed by atoms with Gasteiger partial charge >= 0.3 is 0 Å². The number of fused-ring (bicyclic) bond motifs is 1. The lowest BCUT2D eigenvalue weighted by Crippen LogP contribution is -2.57. The summed E-state index contributed by atoms with van der Waals surface area (Å²) < 4.78 is 7.07. The van der Waals surface area contributed by atoms with Crippen molar-refractivity contribution in [2.45, 2.75) is 83.6 Å². The minimum Gasteiger partial charge on any atom is -0.396 e. The van der Waals surface area contributed by atoms with Crippen LogP contribution in [0.2, 0.25) is 0 Å². The zero-order valence-electron chi connectivity index (χ0n) is 30.4. The fraction of sp³-hybridized carbons (Fsp3) is 0.537. The van der Waals surface area contributed by atoms with Gasteiger partial charge in [-0.1, -0.05) is 62.2 Å². The van der Waals surface area contributed by atoms with E-state index in [2.05, 4.69) is 38.8 Å². The number of nitrogens with zero attached hydrogens (tertiary/aromatic N) is 4. The van der Waals surface area contributed by atoms with E-state index >= 15 is 4.79 Å². The van der Waals surface area contributed by atoms with Crippen LogP contribution < -0.4 is 9.80 Å². The largest absolute Gasteiger partial charge is 0.396 e. The number of carbonyl (C=O) groups is 3. The van der Waals surface area contributed by atoms with Crippen LogP contribution in [-0.2, 0) is 25.7 Å². The van der Waals surface area contributed by atoms with Crippen LogP contribution in [0.4, 0.5) is 11.4 Å². The third-order valence-corrected chi connectivity index (χ3v) is 11.4. The van der Waals surface area contributed by atoms with Crippen molar-refractivity contribution in [3.63, 3.8) is 0 Å². The van der Waals surface area contributed by atoms with E-state index in [0.29, 0.717) is 38.9 Å². The molecule has 3 aliphatic heterocycles. The van der Waals surface area contributed by atoms with Gasteiger partial charge < -0.3 is 29.4 Å². The molecular weight excluding hydrogens is 628 g/mol. The Morgan fingerprint density at radius 1 is 0.940 bits per heavy atom. The summed E-state index contributed by atoms with van der Waals surface area (Å²) in [6, 6.07) is 16.9. The number of likely N-dealkylation sites (tertiary alicyclic amines) is 1. The topological polar surface area (TPSA) is 93.6 Å². The summed E-state index contributed by atoms with van der Waals surface area (Å²) in [6.07, 6.45) is 6.95. The summed E-state index contributed by atoms with van der Waals surface area (Å²) in [5.41, 5.74) is 0.710. The van der Waals surface area contributed by atoms with Gasteiger partial charge in [0.25, 0.3) is 5.91 Å². The highest BCUT2D eigenvalue weighted by Gasteiger charge is 2.80. The molecular formula is C41H56N4O5. The minimum atomic E-state index is -1.15. The molecule has 270 valence electrons. The zero-order valence-corrected chi connectivity index (χ0v) is 30.4. The average Bonchev–Trinajstić information content (AvgIpc) is 3.63. The first kappa shape index (κ1) is 37.3. The van der Waals surface area contributed by atoms with Crippen molar-refractivity contribution in [1.82, 2.24) is 9.80 Å². The van der Waals surface area contributed by atoms with Gasteiger partial charge in [-0.25, -0.2) is 0 Å².